The number of para-hydroxylation sites is 1. The van der Waals surface area contributed by atoms with Crippen LogP contribution in [0.15, 0.2) is 102 Å². The number of halogens is 4. The molecule has 1 aliphatic rings. The normalized spacial score (nSPS) is 14.3. The topological polar surface area (TPSA) is 41.9 Å². The van der Waals surface area contributed by atoms with Gasteiger partial charge in [-0.05, 0) is 42.5 Å². The van der Waals surface area contributed by atoms with Gasteiger partial charge in [0.1, 0.15) is 18.1 Å². The molecule has 5 rings (SSSR count). The predicted octanol–water partition coefficient (Wildman–Crippen LogP) is 8.71. The van der Waals surface area contributed by atoms with Crippen molar-refractivity contribution < 1.29 is 9.53 Å². The minimum absolute atomic E-state index is 0.136. The predicted molar refractivity (Wildman–Crippen MR) is 152 cm³/mol. The van der Waals surface area contributed by atoms with Crippen LogP contribution >= 0.6 is 46.4 Å². The van der Waals surface area contributed by atoms with E-state index in [9.17, 15) is 4.79 Å². The fraction of sp³-hybridized carbons (Fsp3) is 0.0345. The molecule has 184 valence electrons. The van der Waals surface area contributed by atoms with E-state index in [1.165, 1.54) is 5.01 Å². The van der Waals surface area contributed by atoms with E-state index < -0.39 is 0 Å². The van der Waals surface area contributed by atoms with Gasteiger partial charge in [0, 0.05) is 31.8 Å². The zero-order valence-corrected chi connectivity index (χ0v) is 22.2. The molecule has 0 atom stereocenters. The third-order valence-electron chi connectivity index (χ3n) is 5.65. The molecule has 0 radical (unpaired) electrons. The van der Waals surface area contributed by atoms with Crippen LogP contribution in [0, 0.1) is 0 Å². The van der Waals surface area contributed by atoms with Crippen LogP contribution in [0.3, 0.4) is 0 Å². The Morgan fingerprint density at radius 3 is 2.16 bits per heavy atom. The van der Waals surface area contributed by atoms with Gasteiger partial charge in [-0.3, -0.25) is 4.79 Å². The van der Waals surface area contributed by atoms with Gasteiger partial charge in [-0.2, -0.15) is 10.1 Å². The second-order valence-corrected chi connectivity index (χ2v) is 9.84. The molecule has 0 spiro atoms. The highest BCUT2D eigenvalue weighted by Gasteiger charge is 2.32. The van der Waals surface area contributed by atoms with Gasteiger partial charge >= 0.3 is 0 Å². The van der Waals surface area contributed by atoms with E-state index in [0.29, 0.717) is 48.4 Å². The summed E-state index contributed by atoms with van der Waals surface area (Å²) in [4.78, 5) is 13.6. The Bertz CT molecular complexity index is 1540. The van der Waals surface area contributed by atoms with Gasteiger partial charge in [0.15, 0.2) is 0 Å². The molecule has 4 aromatic rings. The number of rotatable bonds is 6. The molecule has 0 bridgehead atoms. The first-order valence-electron chi connectivity index (χ1n) is 11.2. The van der Waals surface area contributed by atoms with E-state index >= 15 is 0 Å². The summed E-state index contributed by atoms with van der Waals surface area (Å²) < 4.78 is 6.10. The van der Waals surface area contributed by atoms with Crippen molar-refractivity contribution in [1.82, 2.24) is 0 Å². The number of amides is 1. The molecule has 0 aromatic heterocycles. The highest BCUT2D eigenvalue weighted by molar-refractivity contribution is 6.39. The summed E-state index contributed by atoms with van der Waals surface area (Å²) in [5.41, 5.74) is 3.62. The fourth-order valence-electron chi connectivity index (χ4n) is 3.88. The summed E-state index contributed by atoms with van der Waals surface area (Å²) in [5.74, 6) is 0.0794. The maximum atomic E-state index is 13.6. The number of hydrazone groups is 1. The molecule has 1 aliphatic heterocycles. The maximum Gasteiger partial charge on any atom is 0.281 e. The third-order valence-corrected chi connectivity index (χ3v) is 6.74. The molecule has 1 heterocycles. The highest BCUT2D eigenvalue weighted by Crippen LogP contribution is 2.37. The van der Waals surface area contributed by atoms with Crippen LogP contribution in [0.5, 0.6) is 5.75 Å². The Hall–Kier alpha value is -3.28. The molecule has 0 unspecified atom stereocenters. The molecule has 0 saturated heterocycles. The van der Waals surface area contributed by atoms with Gasteiger partial charge in [0.2, 0.25) is 0 Å². The fourth-order valence-corrected chi connectivity index (χ4v) is 4.91. The Morgan fingerprint density at radius 2 is 1.46 bits per heavy atom. The van der Waals surface area contributed by atoms with Gasteiger partial charge in [-0.1, -0.05) is 101 Å². The zero-order valence-electron chi connectivity index (χ0n) is 19.2. The van der Waals surface area contributed by atoms with E-state index in [1.807, 2.05) is 60.7 Å². The molecule has 0 fully saturated rings. The summed E-state index contributed by atoms with van der Waals surface area (Å²) in [7, 11) is 0. The average molecular weight is 568 g/mol. The summed E-state index contributed by atoms with van der Waals surface area (Å²) in [6, 6.07) is 27.2. The first-order chi connectivity index (χ1) is 17.9. The number of carbonyl (C=O) groups is 1. The van der Waals surface area contributed by atoms with E-state index in [1.54, 1.807) is 36.4 Å². The van der Waals surface area contributed by atoms with Crippen LogP contribution in [0.1, 0.15) is 16.7 Å². The van der Waals surface area contributed by atoms with E-state index in [4.69, 9.17) is 51.1 Å². The molecule has 0 saturated carbocycles. The first-order valence-corrected chi connectivity index (χ1v) is 12.7. The monoisotopic (exact) mass is 566 g/mol. The molecular formula is C29H18Cl4N2O2. The molecule has 8 heteroatoms. The maximum absolute atomic E-state index is 13.6. The lowest BCUT2D eigenvalue weighted by atomic mass is 10.00. The van der Waals surface area contributed by atoms with Gasteiger partial charge < -0.3 is 4.74 Å². The number of hydrogen-bond acceptors (Lipinski definition) is 3. The zero-order chi connectivity index (χ0) is 25.9. The lowest BCUT2D eigenvalue weighted by molar-refractivity contribution is -0.114. The van der Waals surface area contributed by atoms with Gasteiger partial charge in [-0.15, -0.1) is 0 Å². The number of anilines is 1. The largest absolute Gasteiger partial charge is 0.487 e. The van der Waals surface area contributed by atoms with E-state index in [-0.39, 0.29) is 12.5 Å². The Kier molecular flexibility index (Phi) is 7.54. The Morgan fingerprint density at radius 1 is 0.784 bits per heavy atom. The molecule has 0 N–H and O–H groups in total. The van der Waals surface area contributed by atoms with Crippen LogP contribution in [-0.2, 0) is 11.4 Å². The minimum atomic E-state index is -0.284. The van der Waals surface area contributed by atoms with Crippen LogP contribution in [0.25, 0.3) is 6.08 Å². The van der Waals surface area contributed by atoms with E-state index in [0.717, 1.165) is 11.1 Å². The van der Waals surface area contributed by atoms with Crippen LogP contribution in [-0.4, -0.2) is 11.6 Å². The van der Waals surface area contributed by atoms with Crippen LogP contribution in [0.2, 0.25) is 20.1 Å². The lowest BCUT2D eigenvalue weighted by Gasteiger charge is -2.14. The second-order valence-electron chi connectivity index (χ2n) is 8.16. The summed E-state index contributed by atoms with van der Waals surface area (Å²) >= 11 is 25.2. The minimum Gasteiger partial charge on any atom is -0.487 e. The standard InChI is InChI=1S/C29H18Cl4N2O2/c30-21-12-11-19(25(32)15-21)17-37-28-20(13-22(31)16-26(28)33)14-24-27(18-7-3-1-4-8-18)34-35(29(24)36)23-9-5-2-6-10-23/h1-16H,17H2/b24-14-. The number of ether oxygens (including phenoxy) is 1. The van der Waals surface area contributed by atoms with Crippen molar-refractivity contribution in [2.75, 3.05) is 5.01 Å². The quantitative estimate of drug-likeness (QED) is 0.219. The number of nitrogens with zero attached hydrogens (tertiary/aromatic N) is 2. The molecule has 0 aliphatic carbocycles. The van der Waals surface area contributed by atoms with Crippen molar-refractivity contribution in [2.45, 2.75) is 6.61 Å². The van der Waals surface area contributed by atoms with Crippen molar-refractivity contribution in [3.05, 3.63) is 133 Å². The smallest absolute Gasteiger partial charge is 0.281 e. The van der Waals surface area contributed by atoms with Gasteiger partial charge in [-0.25, -0.2) is 0 Å². The van der Waals surface area contributed by atoms with E-state index in [2.05, 4.69) is 5.10 Å². The van der Waals surface area contributed by atoms with Gasteiger partial charge in [0.05, 0.1) is 16.3 Å². The summed E-state index contributed by atoms with van der Waals surface area (Å²) in [6.07, 6.45) is 1.70. The molecule has 1 amide bonds. The SMILES string of the molecule is O=C1/C(=C\c2cc(Cl)cc(Cl)c2OCc2ccc(Cl)cc2Cl)C(c2ccccc2)=NN1c1ccccc1. The average Bonchev–Trinajstić information content (AvgIpc) is 3.21. The molecule has 4 nitrogen and oxygen atoms in total. The molecule has 4 aromatic carbocycles. The van der Waals surface area contributed by atoms with Crippen molar-refractivity contribution in [3.63, 3.8) is 0 Å². The number of hydrogen-bond donors (Lipinski definition) is 0. The Balaban J connectivity index is 1.57. The third kappa shape index (κ3) is 5.53. The van der Waals surface area contributed by atoms with Crippen molar-refractivity contribution >= 4 is 69.8 Å². The van der Waals surface area contributed by atoms with Crippen molar-refractivity contribution in [1.29, 1.82) is 0 Å². The summed E-state index contributed by atoms with van der Waals surface area (Å²) in [5, 5.41) is 7.75. The first kappa shape index (κ1) is 25.4. The number of carbonyl (C=O) groups excluding carboxylic acids is 1. The molecular weight excluding hydrogens is 550 g/mol. The van der Waals surface area contributed by atoms with Crippen molar-refractivity contribution in [3.8, 4) is 5.75 Å². The highest BCUT2D eigenvalue weighted by atomic mass is 35.5. The van der Waals surface area contributed by atoms with Crippen LogP contribution < -0.4 is 9.75 Å². The lowest BCUT2D eigenvalue weighted by Crippen LogP contribution is -2.21. The Labute approximate surface area is 234 Å². The van der Waals surface area contributed by atoms with Gasteiger partial charge in [0.25, 0.3) is 5.91 Å². The molecule has 37 heavy (non-hydrogen) atoms. The van der Waals surface area contributed by atoms with Crippen molar-refractivity contribution in [2.24, 2.45) is 5.10 Å². The number of benzene rings is 4. The van der Waals surface area contributed by atoms with Crippen LogP contribution in [0.4, 0.5) is 5.69 Å². The second kappa shape index (κ2) is 11.0. The summed E-state index contributed by atoms with van der Waals surface area (Å²) in [6.45, 7) is 0.136.